The highest BCUT2D eigenvalue weighted by Crippen LogP contribution is 2.24. The summed E-state index contributed by atoms with van der Waals surface area (Å²) in [7, 11) is 0. The standard InChI is InChI=1S/C14H27N3/c1-11(2)13-5-7-17(8-6-13)10-14(9-15)16-12(3)4/h11-14,16H,5-8,10H2,1-4H3. The predicted molar refractivity (Wildman–Crippen MR) is 71.7 cm³/mol. The van der Waals surface area contributed by atoms with Gasteiger partial charge in [0, 0.05) is 12.6 Å². The van der Waals surface area contributed by atoms with Crippen molar-refractivity contribution in [1.82, 2.24) is 10.2 Å². The number of nitrogens with one attached hydrogen (secondary N) is 1. The van der Waals surface area contributed by atoms with E-state index in [-0.39, 0.29) is 6.04 Å². The largest absolute Gasteiger partial charge is 0.301 e. The van der Waals surface area contributed by atoms with Gasteiger partial charge in [0.05, 0.1) is 6.07 Å². The molecule has 0 aromatic heterocycles. The summed E-state index contributed by atoms with van der Waals surface area (Å²) in [5.74, 6) is 1.68. The van der Waals surface area contributed by atoms with Crippen LogP contribution < -0.4 is 5.32 Å². The minimum absolute atomic E-state index is 0.0226. The molecular weight excluding hydrogens is 210 g/mol. The van der Waals surface area contributed by atoms with Crippen LogP contribution in [0.1, 0.15) is 40.5 Å². The monoisotopic (exact) mass is 237 g/mol. The van der Waals surface area contributed by atoms with Crippen molar-refractivity contribution in [1.29, 1.82) is 5.26 Å². The average Bonchev–Trinajstić information content (AvgIpc) is 2.28. The summed E-state index contributed by atoms with van der Waals surface area (Å²) in [5, 5.41) is 12.4. The second-order valence-electron chi connectivity index (χ2n) is 5.89. The van der Waals surface area contributed by atoms with Gasteiger partial charge < -0.3 is 4.90 Å². The molecule has 0 spiro atoms. The van der Waals surface area contributed by atoms with Crippen molar-refractivity contribution >= 4 is 0 Å². The first kappa shape index (κ1) is 14.5. The molecule has 0 radical (unpaired) electrons. The Morgan fingerprint density at radius 3 is 2.24 bits per heavy atom. The van der Waals surface area contributed by atoms with Crippen molar-refractivity contribution in [2.24, 2.45) is 11.8 Å². The zero-order valence-electron chi connectivity index (χ0n) is 11.7. The number of rotatable bonds is 5. The normalized spacial score (nSPS) is 20.8. The number of likely N-dealkylation sites (tertiary alicyclic amines) is 1. The van der Waals surface area contributed by atoms with Crippen molar-refractivity contribution in [2.45, 2.75) is 52.6 Å². The van der Waals surface area contributed by atoms with E-state index in [0.29, 0.717) is 6.04 Å². The molecule has 3 heteroatoms. The predicted octanol–water partition coefficient (Wildman–Crippen LogP) is 2.24. The molecule has 0 saturated carbocycles. The summed E-state index contributed by atoms with van der Waals surface area (Å²) < 4.78 is 0. The van der Waals surface area contributed by atoms with E-state index >= 15 is 0 Å². The van der Waals surface area contributed by atoms with Gasteiger partial charge in [-0.15, -0.1) is 0 Å². The molecule has 1 rings (SSSR count). The van der Waals surface area contributed by atoms with Crippen molar-refractivity contribution in [3.05, 3.63) is 0 Å². The zero-order chi connectivity index (χ0) is 12.8. The fourth-order valence-electron chi connectivity index (χ4n) is 2.59. The minimum Gasteiger partial charge on any atom is -0.301 e. The number of hydrogen-bond acceptors (Lipinski definition) is 3. The first-order valence-corrected chi connectivity index (χ1v) is 6.91. The van der Waals surface area contributed by atoms with Crippen molar-refractivity contribution in [3.8, 4) is 6.07 Å². The molecule has 3 nitrogen and oxygen atoms in total. The molecular formula is C14H27N3. The Morgan fingerprint density at radius 1 is 1.24 bits per heavy atom. The van der Waals surface area contributed by atoms with Crippen LogP contribution in [0.3, 0.4) is 0 Å². The average molecular weight is 237 g/mol. The van der Waals surface area contributed by atoms with Gasteiger partial charge in [0.1, 0.15) is 6.04 Å². The number of piperidine rings is 1. The van der Waals surface area contributed by atoms with Gasteiger partial charge >= 0.3 is 0 Å². The second-order valence-corrected chi connectivity index (χ2v) is 5.89. The maximum Gasteiger partial charge on any atom is 0.108 e. The van der Waals surface area contributed by atoms with Crippen LogP contribution in [-0.4, -0.2) is 36.6 Å². The van der Waals surface area contributed by atoms with E-state index < -0.39 is 0 Å². The molecule has 1 fully saturated rings. The Hall–Kier alpha value is -0.590. The van der Waals surface area contributed by atoms with Crippen LogP contribution in [0.2, 0.25) is 0 Å². The minimum atomic E-state index is -0.0226. The fourth-order valence-corrected chi connectivity index (χ4v) is 2.59. The third-order valence-corrected chi connectivity index (χ3v) is 3.71. The van der Waals surface area contributed by atoms with Crippen LogP contribution in [0, 0.1) is 23.2 Å². The summed E-state index contributed by atoms with van der Waals surface area (Å²) in [4.78, 5) is 2.43. The van der Waals surface area contributed by atoms with Crippen LogP contribution in [0.4, 0.5) is 0 Å². The maximum atomic E-state index is 9.11. The highest BCUT2D eigenvalue weighted by Gasteiger charge is 2.23. The molecule has 1 atom stereocenters. The van der Waals surface area contributed by atoms with Gasteiger partial charge in [-0.05, 0) is 51.6 Å². The van der Waals surface area contributed by atoms with Crippen LogP contribution in [0.15, 0.2) is 0 Å². The van der Waals surface area contributed by atoms with E-state index in [9.17, 15) is 0 Å². The molecule has 1 unspecified atom stereocenters. The zero-order valence-corrected chi connectivity index (χ0v) is 11.7. The lowest BCUT2D eigenvalue weighted by atomic mass is 9.86. The SMILES string of the molecule is CC(C)NC(C#N)CN1CCC(C(C)C)CC1. The van der Waals surface area contributed by atoms with E-state index in [1.807, 2.05) is 0 Å². The number of nitriles is 1. The van der Waals surface area contributed by atoms with E-state index in [4.69, 9.17) is 5.26 Å². The van der Waals surface area contributed by atoms with Gasteiger partial charge in [-0.25, -0.2) is 0 Å². The van der Waals surface area contributed by atoms with Gasteiger partial charge in [0.15, 0.2) is 0 Å². The Morgan fingerprint density at radius 2 is 1.82 bits per heavy atom. The van der Waals surface area contributed by atoms with Crippen LogP contribution in [0.5, 0.6) is 0 Å². The number of hydrogen-bond donors (Lipinski definition) is 1. The molecule has 0 amide bonds. The molecule has 17 heavy (non-hydrogen) atoms. The summed E-state index contributed by atoms with van der Waals surface area (Å²) >= 11 is 0. The van der Waals surface area contributed by atoms with E-state index in [0.717, 1.165) is 31.5 Å². The molecule has 1 saturated heterocycles. The summed E-state index contributed by atoms with van der Waals surface area (Å²) in [6, 6.07) is 2.72. The van der Waals surface area contributed by atoms with E-state index in [1.54, 1.807) is 0 Å². The molecule has 98 valence electrons. The van der Waals surface area contributed by atoms with Gasteiger partial charge in [0.25, 0.3) is 0 Å². The molecule has 1 heterocycles. The Kier molecular flexibility index (Phi) is 5.94. The molecule has 0 bridgehead atoms. The lowest BCUT2D eigenvalue weighted by Gasteiger charge is -2.35. The second kappa shape index (κ2) is 6.98. The molecule has 0 aliphatic carbocycles. The van der Waals surface area contributed by atoms with Gasteiger partial charge in [-0.2, -0.15) is 5.26 Å². The third-order valence-electron chi connectivity index (χ3n) is 3.71. The van der Waals surface area contributed by atoms with Gasteiger partial charge in [0.2, 0.25) is 0 Å². The Balaban J connectivity index is 2.32. The maximum absolute atomic E-state index is 9.11. The molecule has 0 aromatic carbocycles. The molecule has 1 aliphatic rings. The fraction of sp³-hybridized carbons (Fsp3) is 0.929. The topological polar surface area (TPSA) is 39.1 Å². The van der Waals surface area contributed by atoms with Crippen molar-refractivity contribution in [2.75, 3.05) is 19.6 Å². The third kappa shape index (κ3) is 5.06. The first-order chi connectivity index (χ1) is 8.02. The van der Waals surface area contributed by atoms with Crippen LogP contribution >= 0.6 is 0 Å². The number of nitrogens with zero attached hydrogens (tertiary/aromatic N) is 2. The summed E-state index contributed by atoms with van der Waals surface area (Å²) in [5.41, 5.74) is 0. The van der Waals surface area contributed by atoms with Crippen LogP contribution in [0.25, 0.3) is 0 Å². The van der Waals surface area contributed by atoms with Crippen LogP contribution in [-0.2, 0) is 0 Å². The lowest BCUT2D eigenvalue weighted by molar-refractivity contribution is 0.151. The van der Waals surface area contributed by atoms with Gasteiger partial charge in [-0.3, -0.25) is 5.32 Å². The molecule has 1 aliphatic heterocycles. The van der Waals surface area contributed by atoms with Crippen molar-refractivity contribution in [3.63, 3.8) is 0 Å². The molecule has 0 aromatic rings. The van der Waals surface area contributed by atoms with Crippen molar-refractivity contribution < 1.29 is 0 Å². The van der Waals surface area contributed by atoms with E-state index in [1.165, 1.54) is 12.8 Å². The summed E-state index contributed by atoms with van der Waals surface area (Å²) in [6.07, 6.45) is 2.58. The first-order valence-electron chi connectivity index (χ1n) is 6.91. The Labute approximate surface area is 106 Å². The smallest absolute Gasteiger partial charge is 0.108 e. The van der Waals surface area contributed by atoms with E-state index in [2.05, 4.69) is 44.0 Å². The summed E-state index contributed by atoms with van der Waals surface area (Å²) in [6.45, 7) is 12.0. The Bertz CT molecular complexity index is 247. The highest BCUT2D eigenvalue weighted by molar-refractivity contribution is 4.93. The highest BCUT2D eigenvalue weighted by atomic mass is 15.2. The molecule has 1 N–H and O–H groups in total. The quantitative estimate of drug-likeness (QED) is 0.797. The lowest BCUT2D eigenvalue weighted by Crippen LogP contribution is -2.46. The van der Waals surface area contributed by atoms with Gasteiger partial charge in [-0.1, -0.05) is 13.8 Å².